The van der Waals surface area contributed by atoms with E-state index in [1.807, 2.05) is 29.8 Å². The second-order valence-electron chi connectivity index (χ2n) is 6.36. The van der Waals surface area contributed by atoms with Gasteiger partial charge in [0.1, 0.15) is 29.0 Å². The van der Waals surface area contributed by atoms with Crippen LogP contribution in [0.1, 0.15) is 17.0 Å². The van der Waals surface area contributed by atoms with Crippen molar-refractivity contribution in [3.8, 4) is 6.07 Å². The highest BCUT2D eigenvalue weighted by Crippen LogP contribution is 2.19. The molecule has 2 aromatic rings. The number of para-hydroxylation sites is 1. The van der Waals surface area contributed by atoms with Crippen molar-refractivity contribution < 1.29 is 27.8 Å². The number of amides is 1. The number of aryl methyl sites for hydroxylation is 1. The summed E-state index contributed by atoms with van der Waals surface area (Å²) in [7, 11) is 1.59. The summed E-state index contributed by atoms with van der Waals surface area (Å²) in [6.07, 6.45) is 1.36. The fourth-order valence-corrected chi connectivity index (χ4v) is 2.79. The molecule has 7 nitrogen and oxygen atoms in total. The maximum atomic E-state index is 13.6. The summed E-state index contributed by atoms with van der Waals surface area (Å²) in [6, 6.07) is 6.65. The zero-order valence-electron chi connectivity index (χ0n) is 16.8. The van der Waals surface area contributed by atoms with Gasteiger partial charge in [-0.05, 0) is 43.7 Å². The number of carbonyl (C=O) groups excluding carboxylic acids is 2. The quantitative estimate of drug-likeness (QED) is 0.405. The number of anilines is 1. The Labute approximate surface area is 172 Å². The van der Waals surface area contributed by atoms with Crippen molar-refractivity contribution >= 4 is 23.6 Å². The highest BCUT2D eigenvalue weighted by Gasteiger charge is 2.17. The molecule has 1 aromatic heterocycles. The first-order valence-corrected chi connectivity index (χ1v) is 8.97. The minimum absolute atomic E-state index is 0.313. The Balaban J connectivity index is 2.06. The van der Waals surface area contributed by atoms with Crippen molar-refractivity contribution in [1.29, 1.82) is 5.26 Å². The molecule has 9 heteroatoms. The molecule has 0 fully saturated rings. The number of esters is 1. The molecule has 1 heterocycles. The lowest BCUT2D eigenvalue weighted by Gasteiger charge is -2.09. The Morgan fingerprint density at radius 2 is 1.93 bits per heavy atom. The molecule has 1 N–H and O–H groups in total. The molecule has 0 saturated heterocycles. The fourth-order valence-electron chi connectivity index (χ4n) is 2.79. The number of hydrogen-bond donors (Lipinski definition) is 1. The van der Waals surface area contributed by atoms with E-state index in [-0.39, 0.29) is 5.57 Å². The second-order valence-corrected chi connectivity index (χ2v) is 6.36. The Bertz CT molecular complexity index is 1000. The number of halogens is 2. The smallest absolute Gasteiger partial charge is 0.349 e. The van der Waals surface area contributed by atoms with Crippen molar-refractivity contribution in [3.05, 3.63) is 58.4 Å². The van der Waals surface area contributed by atoms with Crippen LogP contribution in [0.15, 0.2) is 29.8 Å². The Hall–Kier alpha value is -3.51. The van der Waals surface area contributed by atoms with Gasteiger partial charge in [-0.2, -0.15) is 5.26 Å². The van der Waals surface area contributed by atoms with E-state index in [4.69, 9.17) is 9.47 Å². The third kappa shape index (κ3) is 5.52. The van der Waals surface area contributed by atoms with E-state index >= 15 is 0 Å². The topological polar surface area (TPSA) is 93.3 Å². The summed E-state index contributed by atoms with van der Waals surface area (Å²) in [4.78, 5) is 24.0. The van der Waals surface area contributed by atoms with E-state index < -0.39 is 35.8 Å². The van der Waals surface area contributed by atoms with Crippen molar-refractivity contribution in [2.45, 2.75) is 20.4 Å². The van der Waals surface area contributed by atoms with Gasteiger partial charge in [0.25, 0.3) is 5.91 Å². The molecule has 158 valence electrons. The number of benzene rings is 1. The van der Waals surface area contributed by atoms with E-state index in [1.54, 1.807) is 13.2 Å². The molecule has 0 spiro atoms. The molecular formula is C21H21F2N3O4. The van der Waals surface area contributed by atoms with E-state index in [0.29, 0.717) is 18.7 Å². The van der Waals surface area contributed by atoms with Gasteiger partial charge in [0, 0.05) is 25.0 Å². The van der Waals surface area contributed by atoms with Gasteiger partial charge in [0.05, 0.1) is 6.61 Å². The van der Waals surface area contributed by atoms with Gasteiger partial charge in [0.2, 0.25) is 0 Å². The number of ether oxygens (including phenoxy) is 2. The average Bonchev–Trinajstić information content (AvgIpc) is 2.98. The summed E-state index contributed by atoms with van der Waals surface area (Å²) in [5.74, 6) is -3.89. The lowest BCUT2D eigenvalue weighted by Crippen LogP contribution is -2.22. The predicted molar refractivity (Wildman–Crippen MR) is 105 cm³/mol. The SMILES string of the molecule is COCCn1c(C)cc(/C=C(\C#N)C(=O)OCC(=O)Nc2c(F)cccc2F)c1C. The summed E-state index contributed by atoms with van der Waals surface area (Å²) >= 11 is 0. The van der Waals surface area contributed by atoms with Gasteiger partial charge in [0.15, 0.2) is 6.61 Å². The van der Waals surface area contributed by atoms with Crippen LogP contribution in [0.4, 0.5) is 14.5 Å². The second kappa shape index (κ2) is 10.3. The molecular weight excluding hydrogens is 396 g/mol. The number of methoxy groups -OCH3 is 1. The maximum Gasteiger partial charge on any atom is 0.349 e. The molecule has 2 rings (SSSR count). The van der Waals surface area contributed by atoms with Crippen LogP contribution >= 0.6 is 0 Å². The summed E-state index contributed by atoms with van der Waals surface area (Å²) in [5, 5.41) is 11.3. The van der Waals surface area contributed by atoms with Crippen LogP contribution in [0.3, 0.4) is 0 Å². The van der Waals surface area contributed by atoms with Crippen LogP contribution in [-0.4, -0.2) is 36.8 Å². The lowest BCUT2D eigenvalue weighted by atomic mass is 10.1. The highest BCUT2D eigenvalue weighted by molar-refractivity contribution is 6.00. The molecule has 0 atom stereocenters. The minimum Gasteiger partial charge on any atom is -0.451 e. The van der Waals surface area contributed by atoms with Crippen LogP contribution in [0, 0.1) is 36.8 Å². The predicted octanol–water partition coefficient (Wildman–Crippen LogP) is 3.12. The highest BCUT2D eigenvalue weighted by atomic mass is 19.1. The van der Waals surface area contributed by atoms with Crippen molar-refractivity contribution in [3.63, 3.8) is 0 Å². The van der Waals surface area contributed by atoms with Gasteiger partial charge in [-0.15, -0.1) is 0 Å². The van der Waals surface area contributed by atoms with Gasteiger partial charge >= 0.3 is 5.97 Å². The molecule has 0 bridgehead atoms. The van der Waals surface area contributed by atoms with Gasteiger partial charge in [-0.25, -0.2) is 13.6 Å². The lowest BCUT2D eigenvalue weighted by molar-refractivity contribution is -0.142. The molecule has 1 amide bonds. The molecule has 0 radical (unpaired) electrons. The largest absolute Gasteiger partial charge is 0.451 e. The summed E-state index contributed by atoms with van der Waals surface area (Å²) in [6.45, 7) is 4.03. The standard InChI is InChI=1S/C21H21F2N3O4/c1-13-9-15(14(2)26(13)7-8-29-3)10-16(11-24)21(28)30-12-19(27)25-20-17(22)5-4-6-18(20)23/h4-6,9-10H,7-8,12H2,1-3H3,(H,25,27)/b16-10+. The molecule has 0 unspecified atom stereocenters. The number of rotatable bonds is 8. The van der Waals surface area contributed by atoms with E-state index in [0.717, 1.165) is 29.6 Å². The molecule has 0 aliphatic carbocycles. The normalized spacial score (nSPS) is 11.1. The third-order valence-corrected chi connectivity index (χ3v) is 4.33. The number of carbonyl (C=O) groups is 2. The van der Waals surface area contributed by atoms with Crippen molar-refractivity contribution in [2.75, 3.05) is 25.6 Å². The van der Waals surface area contributed by atoms with E-state index in [9.17, 15) is 23.6 Å². The van der Waals surface area contributed by atoms with Crippen LogP contribution in [0.25, 0.3) is 6.08 Å². The summed E-state index contributed by atoms with van der Waals surface area (Å²) < 4.78 is 39.0. The average molecular weight is 417 g/mol. The Kier molecular flexibility index (Phi) is 7.83. The first kappa shape index (κ1) is 22.8. The number of aromatic nitrogens is 1. The summed E-state index contributed by atoms with van der Waals surface area (Å²) in [5.41, 5.74) is 1.45. The van der Waals surface area contributed by atoms with Crippen LogP contribution in [-0.2, 0) is 25.6 Å². The van der Waals surface area contributed by atoms with Gasteiger partial charge in [-0.3, -0.25) is 4.79 Å². The number of hydrogen-bond acceptors (Lipinski definition) is 5. The van der Waals surface area contributed by atoms with Gasteiger partial charge in [-0.1, -0.05) is 6.07 Å². The fraction of sp³-hybridized carbons (Fsp3) is 0.286. The Morgan fingerprint density at radius 3 is 2.53 bits per heavy atom. The molecule has 0 saturated carbocycles. The first-order valence-electron chi connectivity index (χ1n) is 8.97. The first-order chi connectivity index (χ1) is 14.3. The van der Waals surface area contributed by atoms with E-state index in [1.165, 1.54) is 6.08 Å². The zero-order valence-corrected chi connectivity index (χ0v) is 16.8. The monoisotopic (exact) mass is 417 g/mol. The van der Waals surface area contributed by atoms with E-state index in [2.05, 4.69) is 0 Å². The Morgan fingerprint density at radius 1 is 1.27 bits per heavy atom. The molecule has 0 aliphatic heterocycles. The van der Waals surface area contributed by atoms with Crippen LogP contribution in [0.2, 0.25) is 0 Å². The number of nitrogens with one attached hydrogen (secondary N) is 1. The van der Waals surface area contributed by atoms with Crippen LogP contribution < -0.4 is 5.32 Å². The molecule has 0 aliphatic rings. The number of nitrogens with zero attached hydrogens (tertiary/aromatic N) is 2. The van der Waals surface area contributed by atoms with Crippen molar-refractivity contribution in [1.82, 2.24) is 4.57 Å². The third-order valence-electron chi connectivity index (χ3n) is 4.33. The maximum absolute atomic E-state index is 13.6. The zero-order chi connectivity index (χ0) is 22.3. The van der Waals surface area contributed by atoms with Gasteiger partial charge < -0.3 is 19.4 Å². The molecule has 30 heavy (non-hydrogen) atoms. The van der Waals surface area contributed by atoms with Crippen LogP contribution in [0.5, 0.6) is 0 Å². The molecule has 1 aromatic carbocycles. The number of nitriles is 1. The van der Waals surface area contributed by atoms with Crippen molar-refractivity contribution in [2.24, 2.45) is 0 Å². The minimum atomic E-state index is -1.02.